The zero-order chi connectivity index (χ0) is 17.9. The summed E-state index contributed by atoms with van der Waals surface area (Å²) >= 11 is 0. The monoisotopic (exact) mass is 344 g/mol. The summed E-state index contributed by atoms with van der Waals surface area (Å²) in [7, 11) is 1.72. The summed E-state index contributed by atoms with van der Waals surface area (Å²) in [6, 6.07) is 10.5. The van der Waals surface area contributed by atoms with Crippen LogP contribution in [0.1, 0.15) is 24.5 Å². The maximum Gasteiger partial charge on any atom is 0.213 e. The van der Waals surface area contributed by atoms with Crippen molar-refractivity contribution in [1.82, 2.24) is 15.6 Å². The molecule has 0 saturated heterocycles. The van der Waals surface area contributed by atoms with Crippen LogP contribution in [-0.4, -0.2) is 31.1 Å². The van der Waals surface area contributed by atoms with Gasteiger partial charge < -0.3 is 15.4 Å². The molecule has 1 aromatic heterocycles. The number of nitrogens with zero attached hydrogens (tertiary/aromatic N) is 2. The van der Waals surface area contributed by atoms with Crippen LogP contribution in [0.5, 0.6) is 5.88 Å². The second-order valence-electron chi connectivity index (χ2n) is 5.59. The quantitative estimate of drug-likeness (QED) is 0.571. The molecule has 1 aromatic carbocycles. The average Bonchev–Trinajstić information content (AvgIpc) is 2.63. The Bertz CT molecular complexity index is 673. The zero-order valence-electron chi connectivity index (χ0n) is 14.8. The summed E-state index contributed by atoms with van der Waals surface area (Å²) in [5.41, 5.74) is 1.99. The molecule has 134 valence electrons. The molecule has 0 aliphatic rings. The molecule has 0 unspecified atom stereocenters. The van der Waals surface area contributed by atoms with Crippen LogP contribution in [0.15, 0.2) is 47.6 Å². The first-order valence-electron chi connectivity index (χ1n) is 8.48. The Kier molecular flexibility index (Phi) is 7.69. The maximum absolute atomic E-state index is 13.2. The maximum atomic E-state index is 13.2. The summed E-state index contributed by atoms with van der Waals surface area (Å²) in [6.07, 6.45) is 3.48. The predicted molar refractivity (Wildman–Crippen MR) is 98.3 cm³/mol. The molecule has 5 nitrogen and oxygen atoms in total. The van der Waals surface area contributed by atoms with Gasteiger partial charge in [-0.15, -0.1) is 0 Å². The van der Waals surface area contributed by atoms with Gasteiger partial charge in [0.15, 0.2) is 5.96 Å². The molecule has 0 aliphatic heterocycles. The van der Waals surface area contributed by atoms with Crippen molar-refractivity contribution in [3.8, 4) is 5.88 Å². The molecule has 25 heavy (non-hydrogen) atoms. The number of nitrogens with one attached hydrogen (secondary N) is 2. The summed E-state index contributed by atoms with van der Waals surface area (Å²) in [6.45, 7) is 4.02. The number of aliphatic imine (C=N–C) groups is 1. The molecule has 2 rings (SSSR count). The van der Waals surface area contributed by atoms with Crippen LogP contribution >= 0.6 is 0 Å². The molecule has 2 N–H and O–H groups in total. The molecule has 2 aromatic rings. The zero-order valence-corrected chi connectivity index (χ0v) is 14.8. The van der Waals surface area contributed by atoms with Gasteiger partial charge in [-0.1, -0.05) is 25.1 Å². The molecule has 0 amide bonds. The Hall–Kier alpha value is -2.63. The van der Waals surface area contributed by atoms with Gasteiger partial charge in [-0.05, 0) is 36.1 Å². The SMILES string of the molecule is CCCOc1ccc(CNC(=NC)NCCc2cccc(F)c2)cn1. The summed E-state index contributed by atoms with van der Waals surface area (Å²) < 4.78 is 18.6. The molecule has 0 bridgehead atoms. The summed E-state index contributed by atoms with van der Waals surface area (Å²) in [5, 5.41) is 6.45. The van der Waals surface area contributed by atoms with Crippen molar-refractivity contribution >= 4 is 5.96 Å². The Morgan fingerprint density at radius 1 is 1.20 bits per heavy atom. The standard InChI is InChI=1S/C19H25FN4O/c1-3-11-25-18-8-7-16(13-23-18)14-24-19(21-2)22-10-9-15-5-4-6-17(20)12-15/h4-8,12-13H,3,9-11,14H2,1-2H3,(H2,21,22,24). The van der Waals surface area contributed by atoms with Gasteiger partial charge in [0.1, 0.15) is 5.82 Å². The van der Waals surface area contributed by atoms with E-state index in [1.54, 1.807) is 25.4 Å². The molecule has 6 heteroatoms. The van der Waals surface area contributed by atoms with Gasteiger partial charge >= 0.3 is 0 Å². The van der Waals surface area contributed by atoms with Crippen molar-refractivity contribution in [2.24, 2.45) is 4.99 Å². The van der Waals surface area contributed by atoms with Crippen molar-refractivity contribution in [3.05, 3.63) is 59.5 Å². The largest absolute Gasteiger partial charge is 0.478 e. The molecular weight excluding hydrogens is 319 g/mol. The number of halogens is 1. The molecule has 1 heterocycles. The van der Waals surface area contributed by atoms with E-state index in [0.717, 1.165) is 24.0 Å². The van der Waals surface area contributed by atoms with Crippen LogP contribution in [0.4, 0.5) is 4.39 Å². The number of ether oxygens (including phenoxy) is 1. The van der Waals surface area contributed by atoms with Crippen molar-refractivity contribution in [2.75, 3.05) is 20.2 Å². The van der Waals surface area contributed by atoms with Crippen LogP contribution in [0.25, 0.3) is 0 Å². The smallest absolute Gasteiger partial charge is 0.213 e. The van der Waals surface area contributed by atoms with Gasteiger partial charge in [-0.25, -0.2) is 9.37 Å². The fourth-order valence-electron chi connectivity index (χ4n) is 2.23. The number of hydrogen-bond acceptors (Lipinski definition) is 3. The molecule has 0 fully saturated rings. The third kappa shape index (κ3) is 6.79. The van der Waals surface area contributed by atoms with E-state index in [1.165, 1.54) is 6.07 Å². The third-order valence-electron chi connectivity index (χ3n) is 3.53. The second kappa shape index (κ2) is 10.3. The second-order valence-corrected chi connectivity index (χ2v) is 5.59. The number of benzene rings is 1. The number of aromatic nitrogens is 1. The van der Waals surface area contributed by atoms with E-state index in [9.17, 15) is 4.39 Å². The number of guanidine groups is 1. The van der Waals surface area contributed by atoms with E-state index >= 15 is 0 Å². The summed E-state index contributed by atoms with van der Waals surface area (Å²) in [5.74, 6) is 1.13. The van der Waals surface area contributed by atoms with Crippen LogP contribution in [0, 0.1) is 5.82 Å². The van der Waals surface area contributed by atoms with E-state index < -0.39 is 0 Å². The molecule has 0 aliphatic carbocycles. The van der Waals surface area contributed by atoms with Gasteiger partial charge in [0.25, 0.3) is 0 Å². The highest BCUT2D eigenvalue weighted by Gasteiger charge is 2.01. The van der Waals surface area contributed by atoms with Gasteiger partial charge in [0.05, 0.1) is 6.61 Å². The fourth-order valence-corrected chi connectivity index (χ4v) is 2.23. The minimum Gasteiger partial charge on any atom is -0.478 e. The van der Waals surface area contributed by atoms with Crippen LogP contribution in [-0.2, 0) is 13.0 Å². The predicted octanol–water partition coefficient (Wildman–Crippen LogP) is 2.92. The van der Waals surface area contributed by atoms with Crippen LogP contribution in [0.3, 0.4) is 0 Å². The van der Waals surface area contributed by atoms with Gasteiger partial charge in [-0.3, -0.25) is 4.99 Å². The van der Waals surface area contributed by atoms with Gasteiger partial charge in [0.2, 0.25) is 5.88 Å². The minimum absolute atomic E-state index is 0.209. The Morgan fingerprint density at radius 2 is 2.08 bits per heavy atom. The first kappa shape index (κ1) is 18.7. The lowest BCUT2D eigenvalue weighted by molar-refractivity contribution is 0.305. The lowest BCUT2D eigenvalue weighted by Crippen LogP contribution is -2.37. The van der Waals surface area contributed by atoms with Crippen molar-refractivity contribution in [1.29, 1.82) is 0 Å². The lowest BCUT2D eigenvalue weighted by Gasteiger charge is -2.12. The topological polar surface area (TPSA) is 58.5 Å². The molecule has 0 atom stereocenters. The van der Waals surface area contributed by atoms with E-state index in [2.05, 4.69) is 27.5 Å². The van der Waals surface area contributed by atoms with E-state index in [4.69, 9.17) is 4.74 Å². The first-order chi connectivity index (χ1) is 12.2. The first-order valence-corrected chi connectivity index (χ1v) is 8.48. The summed E-state index contributed by atoms with van der Waals surface area (Å²) in [4.78, 5) is 8.46. The average molecular weight is 344 g/mol. The minimum atomic E-state index is -0.209. The Labute approximate surface area is 148 Å². The Morgan fingerprint density at radius 3 is 2.76 bits per heavy atom. The molecule has 0 radical (unpaired) electrons. The highest BCUT2D eigenvalue weighted by molar-refractivity contribution is 5.79. The normalized spacial score (nSPS) is 11.2. The molecule has 0 saturated carbocycles. The molecule has 0 spiro atoms. The van der Waals surface area contributed by atoms with Crippen molar-refractivity contribution in [2.45, 2.75) is 26.3 Å². The number of hydrogen-bond donors (Lipinski definition) is 2. The van der Waals surface area contributed by atoms with Crippen LogP contribution < -0.4 is 15.4 Å². The highest BCUT2D eigenvalue weighted by Crippen LogP contribution is 2.07. The fraction of sp³-hybridized carbons (Fsp3) is 0.368. The lowest BCUT2D eigenvalue weighted by atomic mass is 10.1. The number of pyridine rings is 1. The third-order valence-corrected chi connectivity index (χ3v) is 3.53. The van der Waals surface area contributed by atoms with Crippen LogP contribution in [0.2, 0.25) is 0 Å². The van der Waals surface area contributed by atoms with Gasteiger partial charge in [-0.2, -0.15) is 0 Å². The number of rotatable bonds is 8. The van der Waals surface area contributed by atoms with Gasteiger partial charge in [0, 0.05) is 32.4 Å². The molecular formula is C19H25FN4O. The highest BCUT2D eigenvalue weighted by atomic mass is 19.1. The van der Waals surface area contributed by atoms with Crippen molar-refractivity contribution < 1.29 is 9.13 Å². The Balaban J connectivity index is 1.74. The van der Waals surface area contributed by atoms with E-state index in [-0.39, 0.29) is 5.82 Å². The van der Waals surface area contributed by atoms with Crippen molar-refractivity contribution in [3.63, 3.8) is 0 Å². The van der Waals surface area contributed by atoms with E-state index in [1.807, 2.05) is 18.2 Å². The van der Waals surface area contributed by atoms with E-state index in [0.29, 0.717) is 31.5 Å².